The van der Waals surface area contributed by atoms with Gasteiger partial charge in [0.05, 0.1) is 12.3 Å². The number of nitrogens with one attached hydrogen (secondary N) is 1. The van der Waals surface area contributed by atoms with Crippen LogP contribution in [-0.2, 0) is 14.3 Å². The molecule has 1 aliphatic carbocycles. The number of amides is 1. The topological polar surface area (TPSA) is 55.4 Å². The third kappa shape index (κ3) is 2.80. The molecule has 1 aliphatic heterocycles. The van der Waals surface area contributed by atoms with Crippen molar-refractivity contribution in [2.45, 2.75) is 51.0 Å². The Balaban J connectivity index is 1.76. The molecule has 1 aromatic carbocycles. The number of anilines is 1. The Morgan fingerprint density at radius 3 is 2.52 bits per heavy atom. The third-order valence-corrected chi connectivity index (χ3v) is 4.66. The van der Waals surface area contributed by atoms with Crippen molar-refractivity contribution in [1.82, 2.24) is 0 Å². The van der Waals surface area contributed by atoms with Crippen molar-refractivity contribution in [3.8, 4) is 0 Å². The van der Waals surface area contributed by atoms with Crippen molar-refractivity contribution in [3.05, 3.63) is 29.8 Å². The summed E-state index contributed by atoms with van der Waals surface area (Å²) in [7, 11) is 0. The summed E-state index contributed by atoms with van der Waals surface area (Å²) in [6.07, 6.45) is 5.04. The molecular weight excluding hydrogens is 266 g/mol. The fourth-order valence-corrected chi connectivity index (χ4v) is 3.49. The molecule has 0 unspecified atom stereocenters. The maximum Gasteiger partial charge on any atom is 0.307 e. The van der Waals surface area contributed by atoms with Gasteiger partial charge in [-0.3, -0.25) is 9.59 Å². The van der Waals surface area contributed by atoms with E-state index < -0.39 is 5.60 Å². The summed E-state index contributed by atoms with van der Waals surface area (Å²) in [4.78, 5) is 24.3. The normalized spacial score (nSPS) is 23.9. The average Bonchev–Trinajstić information content (AvgIpc) is 2.78. The second-order valence-corrected chi connectivity index (χ2v) is 6.21. The van der Waals surface area contributed by atoms with E-state index in [4.69, 9.17) is 4.74 Å². The fraction of sp³-hybridized carbons (Fsp3) is 0.529. The van der Waals surface area contributed by atoms with E-state index in [1.165, 1.54) is 0 Å². The minimum absolute atomic E-state index is 0.0911. The standard InChI is InChI=1S/C17H21NO3/c1-12-5-7-13(8-6-12)18-16(20)14-11-15(19)21-17(14)9-3-2-4-10-17/h5-8,14H,2-4,9-11H2,1H3,(H,18,20)/t14-/m1/s1. The van der Waals surface area contributed by atoms with Crippen molar-refractivity contribution in [2.75, 3.05) is 5.32 Å². The minimum Gasteiger partial charge on any atom is -0.458 e. The highest BCUT2D eigenvalue weighted by Gasteiger charge is 2.52. The first-order chi connectivity index (χ1) is 10.1. The molecule has 1 heterocycles. The van der Waals surface area contributed by atoms with Gasteiger partial charge < -0.3 is 10.1 Å². The number of benzene rings is 1. The first kappa shape index (κ1) is 14.1. The van der Waals surface area contributed by atoms with Crippen LogP contribution in [0.1, 0.15) is 44.1 Å². The lowest BCUT2D eigenvalue weighted by Gasteiger charge is -2.36. The predicted molar refractivity (Wildman–Crippen MR) is 79.8 cm³/mol. The summed E-state index contributed by atoms with van der Waals surface area (Å²) >= 11 is 0. The van der Waals surface area contributed by atoms with Gasteiger partial charge in [-0.25, -0.2) is 0 Å². The van der Waals surface area contributed by atoms with E-state index in [1.54, 1.807) is 0 Å². The maximum absolute atomic E-state index is 12.6. The molecule has 1 saturated heterocycles. The van der Waals surface area contributed by atoms with Crippen molar-refractivity contribution in [2.24, 2.45) is 5.92 Å². The third-order valence-electron chi connectivity index (χ3n) is 4.66. The van der Waals surface area contributed by atoms with E-state index >= 15 is 0 Å². The van der Waals surface area contributed by atoms with Crippen LogP contribution in [0.15, 0.2) is 24.3 Å². The number of rotatable bonds is 2. The fourth-order valence-electron chi connectivity index (χ4n) is 3.49. The minimum atomic E-state index is -0.551. The van der Waals surface area contributed by atoms with Crippen LogP contribution < -0.4 is 5.32 Å². The molecule has 2 aliphatic rings. The molecule has 0 bridgehead atoms. The van der Waals surface area contributed by atoms with Gasteiger partial charge in [0.15, 0.2) is 0 Å². The van der Waals surface area contributed by atoms with E-state index in [0.29, 0.717) is 0 Å². The molecule has 1 N–H and O–H groups in total. The van der Waals surface area contributed by atoms with Crippen LogP contribution in [0, 0.1) is 12.8 Å². The zero-order valence-corrected chi connectivity index (χ0v) is 12.4. The van der Waals surface area contributed by atoms with Gasteiger partial charge in [-0.15, -0.1) is 0 Å². The molecule has 1 amide bonds. The van der Waals surface area contributed by atoms with Crippen LogP contribution in [-0.4, -0.2) is 17.5 Å². The number of aryl methyl sites for hydroxylation is 1. The lowest BCUT2D eigenvalue weighted by atomic mass is 9.75. The number of esters is 1. The monoisotopic (exact) mass is 287 g/mol. The summed E-state index contributed by atoms with van der Waals surface area (Å²) in [6, 6.07) is 7.70. The largest absolute Gasteiger partial charge is 0.458 e. The molecule has 21 heavy (non-hydrogen) atoms. The molecule has 2 fully saturated rings. The molecule has 112 valence electrons. The van der Waals surface area contributed by atoms with E-state index in [-0.39, 0.29) is 24.2 Å². The van der Waals surface area contributed by atoms with Crippen molar-refractivity contribution >= 4 is 17.6 Å². The number of hydrogen-bond donors (Lipinski definition) is 1. The van der Waals surface area contributed by atoms with Gasteiger partial charge in [-0.05, 0) is 44.7 Å². The number of ether oxygens (including phenoxy) is 1. The Morgan fingerprint density at radius 1 is 1.19 bits per heavy atom. The first-order valence-corrected chi connectivity index (χ1v) is 7.68. The molecule has 1 spiro atoms. The summed E-state index contributed by atoms with van der Waals surface area (Å²) in [6.45, 7) is 2.01. The van der Waals surface area contributed by atoms with Gasteiger partial charge in [0.25, 0.3) is 0 Å². The zero-order valence-electron chi connectivity index (χ0n) is 12.4. The highest BCUT2D eigenvalue weighted by Crippen LogP contribution is 2.44. The SMILES string of the molecule is Cc1ccc(NC(=O)[C@H]2CC(=O)OC23CCCCC3)cc1. The van der Waals surface area contributed by atoms with Crippen LogP contribution in [0.5, 0.6) is 0 Å². The van der Waals surface area contributed by atoms with Crippen molar-refractivity contribution < 1.29 is 14.3 Å². The lowest BCUT2D eigenvalue weighted by Crippen LogP contribution is -2.43. The van der Waals surface area contributed by atoms with Gasteiger partial charge in [-0.2, -0.15) is 0 Å². The van der Waals surface area contributed by atoms with Crippen LogP contribution in [0.4, 0.5) is 5.69 Å². The predicted octanol–water partition coefficient (Wildman–Crippen LogP) is 3.20. The Bertz CT molecular complexity index is 544. The molecule has 1 atom stereocenters. The van der Waals surface area contributed by atoms with E-state index in [0.717, 1.165) is 43.4 Å². The quantitative estimate of drug-likeness (QED) is 0.850. The molecule has 1 aromatic rings. The zero-order chi connectivity index (χ0) is 14.9. The Morgan fingerprint density at radius 2 is 1.86 bits per heavy atom. The van der Waals surface area contributed by atoms with Gasteiger partial charge in [0.2, 0.25) is 5.91 Å². The van der Waals surface area contributed by atoms with Crippen LogP contribution in [0.25, 0.3) is 0 Å². The van der Waals surface area contributed by atoms with Gasteiger partial charge in [-0.1, -0.05) is 24.1 Å². The number of hydrogen-bond acceptors (Lipinski definition) is 3. The van der Waals surface area contributed by atoms with Crippen LogP contribution >= 0.6 is 0 Å². The molecular formula is C17H21NO3. The van der Waals surface area contributed by atoms with E-state index in [2.05, 4.69) is 5.32 Å². The molecule has 3 rings (SSSR count). The molecule has 0 aromatic heterocycles. The second-order valence-electron chi connectivity index (χ2n) is 6.21. The average molecular weight is 287 g/mol. The first-order valence-electron chi connectivity index (χ1n) is 7.68. The maximum atomic E-state index is 12.6. The van der Waals surface area contributed by atoms with E-state index in [1.807, 2.05) is 31.2 Å². The van der Waals surface area contributed by atoms with Crippen molar-refractivity contribution in [1.29, 1.82) is 0 Å². The molecule has 4 heteroatoms. The Kier molecular flexibility index (Phi) is 3.70. The molecule has 1 saturated carbocycles. The van der Waals surface area contributed by atoms with Crippen molar-refractivity contribution in [3.63, 3.8) is 0 Å². The second kappa shape index (κ2) is 5.51. The Labute approximate surface area is 124 Å². The lowest BCUT2D eigenvalue weighted by molar-refractivity contribution is -0.153. The highest BCUT2D eigenvalue weighted by atomic mass is 16.6. The summed E-state index contributed by atoms with van der Waals surface area (Å²) < 4.78 is 5.58. The van der Waals surface area contributed by atoms with Crippen LogP contribution in [0.2, 0.25) is 0 Å². The number of carbonyl (C=O) groups is 2. The molecule has 0 radical (unpaired) electrons. The summed E-state index contributed by atoms with van der Waals surface area (Å²) in [5.41, 5.74) is 1.37. The van der Waals surface area contributed by atoms with E-state index in [9.17, 15) is 9.59 Å². The van der Waals surface area contributed by atoms with Gasteiger partial charge in [0.1, 0.15) is 5.60 Å². The molecule has 4 nitrogen and oxygen atoms in total. The number of carbonyl (C=O) groups excluding carboxylic acids is 2. The highest BCUT2D eigenvalue weighted by molar-refractivity contribution is 5.97. The Hall–Kier alpha value is -1.84. The van der Waals surface area contributed by atoms with Crippen LogP contribution in [0.3, 0.4) is 0 Å². The summed E-state index contributed by atoms with van der Waals surface area (Å²) in [5.74, 6) is -0.681. The smallest absolute Gasteiger partial charge is 0.307 e. The van der Waals surface area contributed by atoms with Gasteiger partial charge in [0, 0.05) is 5.69 Å². The summed E-state index contributed by atoms with van der Waals surface area (Å²) in [5, 5.41) is 2.93. The van der Waals surface area contributed by atoms with Gasteiger partial charge >= 0.3 is 5.97 Å².